The average molecular weight is 347 g/mol. The molecule has 4 aliphatic rings. The van der Waals surface area contributed by atoms with Crippen molar-refractivity contribution in [1.29, 1.82) is 0 Å². The SMILES string of the molecule is CC[C@H]1CC(CC(=O)O)[C@H]2[C@@H]3CCC4CCCC[C@]4(C)[C@H]3CC[C@]12C. The van der Waals surface area contributed by atoms with Crippen molar-refractivity contribution in [2.24, 2.45) is 46.3 Å². The quantitative estimate of drug-likeness (QED) is 0.666. The average Bonchev–Trinajstić information content (AvgIpc) is 2.85. The minimum absolute atomic E-state index is 0.411. The van der Waals surface area contributed by atoms with E-state index in [4.69, 9.17) is 0 Å². The van der Waals surface area contributed by atoms with Crippen molar-refractivity contribution in [2.45, 2.75) is 91.4 Å². The molecule has 0 heterocycles. The van der Waals surface area contributed by atoms with E-state index in [0.717, 1.165) is 23.7 Å². The van der Waals surface area contributed by atoms with Crippen LogP contribution in [0.15, 0.2) is 0 Å². The molecule has 0 saturated heterocycles. The van der Waals surface area contributed by atoms with Crippen molar-refractivity contribution < 1.29 is 9.90 Å². The second kappa shape index (κ2) is 6.27. The van der Waals surface area contributed by atoms with Crippen LogP contribution in [0.25, 0.3) is 0 Å². The van der Waals surface area contributed by atoms with Gasteiger partial charge in [-0.1, -0.05) is 40.0 Å². The van der Waals surface area contributed by atoms with E-state index in [0.29, 0.717) is 29.1 Å². The number of fused-ring (bicyclic) bond motifs is 5. The molecule has 4 aliphatic carbocycles. The van der Waals surface area contributed by atoms with Crippen molar-refractivity contribution in [3.63, 3.8) is 0 Å². The van der Waals surface area contributed by atoms with Crippen molar-refractivity contribution >= 4 is 5.97 Å². The van der Waals surface area contributed by atoms with Crippen LogP contribution in [0.5, 0.6) is 0 Å². The second-order valence-electron chi connectivity index (χ2n) is 10.6. The highest BCUT2D eigenvalue weighted by Crippen LogP contribution is 2.69. The van der Waals surface area contributed by atoms with E-state index in [1.807, 2.05) is 0 Å². The lowest BCUT2D eigenvalue weighted by Gasteiger charge is -2.61. The van der Waals surface area contributed by atoms with Crippen LogP contribution in [0.1, 0.15) is 91.4 Å². The molecule has 0 amide bonds. The first-order valence-corrected chi connectivity index (χ1v) is 11.1. The third kappa shape index (κ3) is 2.60. The summed E-state index contributed by atoms with van der Waals surface area (Å²) >= 11 is 0. The molecule has 0 aliphatic heterocycles. The van der Waals surface area contributed by atoms with E-state index in [1.54, 1.807) is 0 Å². The summed E-state index contributed by atoms with van der Waals surface area (Å²) in [5.74, 6) is 3.92. The number of hydrogen-bond donors (Lipinski definition) is 1. The summed E-state index contributed by atoms with van der Waals surface area (Å²) in [7, 11) is 0. The predicted molar refractivity (Wildman–Crippen MR) is 101 cm³/mol. The Bertz CT molecular complexity index is 528. The lowest BCUT2D eigenvalue weighted by atomic mass is 9.44. The Morgan fingerprint density at radius 1 is 1.04 bits per heavy atom. The van der Waals surface area contributed by atoms with Gasteiger partial charge in [0.25, 0.3) is 0 Å². The standard InChI is InChI=1S/C23H38O2/c1-4-16-13-15(14-20(24)25)21-18-9-8-17-7-5-6-11-22(17,2)19(18)10-12-23(16,21)3/h15-19,21H,4-14H2,1-3H3,(H,24,25)/t15?,16-,17?,18+,19-,21-,22-,23+/m0/s1. The van der Waals surface area contributed by atoms with E-state index in [1.165, 1.54) is 64.2 Å². The molecule has 0 aromatic heterocycles. The Morgan fingerprint density at radius 3 is 2.56 bits per heavy atom. The molecule has 8 atom stereocenters. The van der Waals surface area contributed by atoms with Crippen LogP contribution in [-0.4, -0.2) is 11.1 Å². The summed E-state index contributed by atoms with van der Waals surface area (Å²) in [5.41, 5.74) is 0.967. The van der Waals surface area contributed by atoms with Crippen LogP contribution in [0.2, 0.25) is 0 Å². The Labute approximate surface area is 154 Å². The van der Waals surface area contributed by atoms with Crippen LogP contribution in [0.4, 0.5) is 0 Å². The molecule has 1 N–H and O–H groups in total. The molecule has 0 radical (unpaired) electrons. The minimum atomic E-state index is -0.566. The van der Waals surface area contributed by atoms with Crippen LogP contribution in [-0.2, 0) is 4.79 Å². The van der Waals surface area contributed by atoms with E-state index >= 15 is 0 Å². The van der Waals surface area contributed by atoms with Crippen LogP contribution in [0, 0.1) is 46.3 Å². The number of carboxylic acid groups (broad SMARTS) is 1. The van der Waals surface area contributed by atoms with Crippen LogP contribution in [0.3, 0.4) is 0 Å². The number of hydrogen-bond acceptors (Lipinski definition) is 1. The molecular weight excluding hydrogens is 308 g/mol. The molecule has 0 bridgehead atoms. The summed E-state index contributed by atoms with van der Waals surface area (Å²) in [5, 5.41) is 9.54. The molecule has 2 nitrogen and oxygen atoms in total. The Morgan fingerprint density at radius 2 is 1.84 bits per heavy atom. The molecule has 4 saturated carbocycles. The molecule has 4 rings (SSSR count). The maximum atomic E-state index is 11.6. The summed E-state index contributed by atoms with van der Waals surface area (Å²) in [6, 6.07) is 0. The fourth-order valence-electron chi connectivity index (χ4n) is 8.79. The van der Waals surface area contributed by atoms with Gasteiger partial charge in [0.1, 0.15) is 0 Å². The summed E-state index contributed by atoms with van der Waals surface area (Å²) in [6.45, 7) is 7.50. The molecule has 0 aromatic carbocycles. The Balaban J connectivity index is 1.67. The van der Waals surface area contributed by atoms with Crippen LogP contribution >= 0.6 is 0 Å². The first-order valence-electron chi connectivity index (χ1n) is 11.1. The maximum absolute atomic E-state index is 11.6. The zero-order chi connectivity index (χ0) is 17.8. The molecule has 4 fully saturated rings. The van der Waals surface area contributed by atoms with Gasteiger partial charge in [-0.25, -0.2) is 0 Å². The largest absolute Gasteiger partial charge is 0.481 e. The third-order valence-electron chi connectivity index (χ3n) is 9.84. The topological polar surface area (TPSA) is 37.3 Å². The smallest absolute Gasteiger partial charge is 0.303 e. The highest BCUT2D eigenvalue weighted by Gasteiger charge is 2.61. The van der Waals surface area contributed by atoms with Gasteiger partial charge in [-0.3, -0.25) is 4.79 Å². The normalized spacial score (nSPS) is 52.1. The monoisotopic (exact) mass is 346 g/mol. The molecule has 0 aromatic rings. The van der Waals surface area contributed by atoms with Gasteiger partial charge in [0, 0.05) is 6.42 Å². The van der Waals surface area contributed by atoms with Gasteiger partial charge in [0.2, 0.25) is 0 Å². The first kappa shape index (κ1) is 17.9. The van der Waals surface area contributed by atoms with Crippen LogP contribution < -0.4 is 0 Å². The third-order valence-corrected chi connectivity index (χ3v) is 9.84. The van der Waals surface area contributed by atoms with E-state index in [-0.39, 0.29) is 0 Å². The van der Waals surface area contributed by atoms with Crippen molar-refractivity contribution in [3.05, 3.63) is 0 Å². The summed E-state index contributed by atoms with van der Waals surface area (Å²) in [4.78, 5) is 11.6. The van der Waals surface area contributed by atoms with Crippen molar-refractivity contribution in [2.75, 3.05) is 0 Å². The predicted octanol–water partition coefficient (Wildman–Crippen LogP) is 6.15. The van der Waals surface area contributed by atoms with Crippen molar-refractivity contribution in [3.8, 4) is 0 Å². The highest BCUT2D eigenvalue weighted by molar-refractivity contribution is 5.67. The fourth-order valence-corrected chi connectivity index (χ4v) is 8.79. The van der Waals surface area contributed by atoms with Gasteiger partial charge < -0.3 is 5.11 Å². The maximum Gasteiger partial charge on any atom is 0.303 e. The Hall–Kier alpha value is -0.530. The molecule has 2 heteroatoms. The van der Waals surface area contributed by atoms with E-state index < -0.39 is 5.97 Å². The zero-order valence-corrected chi connectivity index (χ0v) is 16.6. The molecule has 0 spiro atoms. The zero-order valence-electron chi connectivity index (χ0n) is 16.6. The Kier molecular flexibility index (Phi) is 4.48. The molecule has 142 valence electrons. The van der Waals surface area contributed by atoms with Gasteiger partial charge in [-0.2, -0.15) is 0 Å². The second-order valence-corrected chi connectivity index (χ2v) is 10.6. The molecular formula is C23H38O2. The van der Waals surface area contributed by atoms with E-state index in [2.05, 4.69) is 20.8 Å². The molecule has 2 unspecified atom stereocenters. The van der Waals surface area contributed by atoms with E-state index in [9.17, 15) is 9.90 Å². The number of rotatable bonds is 3. The van der Waals surface area contributed by atoms with Gasteiger partial charge in [0.05, 0.1) is 0 Å². The summed E-state index contributed by atoms with van der Waals surface area (Å²) < 4.78 is 0. The number of aliphatic carboxylic acids is 1. The lowest BCUT2D eigenvalue weighted by Crippen LogP contribution is -2.53. The van der Waals surface area contributed by atoms with Crippen molar-refractivity contribution in [1.82, 2.24) is 0 Å². The van der Waals surface area contributed by atoms with Gasteiger partial charge in [-0.05, 0) is 91.3 Å². The van der Waals surface area contributed by atoms with Gasteiger partial charge in [0.15, 0.2) is 0 Å². The van der Waals surface area contributed by atoms with Gasteiger partial charge >= 0.3 is 5.97 Å². The minimum Gasteiger partial charge on any atom is -0.481 e. The lowest BCUT2D eigenvalue weighted by molar-refractivity contribution is -0.142. The first-order chi connectivity index (χ1) is 11.9. The fraction of sp³-hybridized carbons (Fsp3) is 0.957. The highest BCUT2D eigenvalue weighted by atomic mass is 16.4. The van der Waals surface area contributed by atoms with Gasteiger partial charge in [-0.15, -0.1) is 0 Å². The molecule has 25 heavy (non-hydrogen) atoms. The number of carboxylic acids is 1. The number of carbonyl (C=O) groups is 1. The summed E-state index contributed by atoms with van der Waals surface area (Å²) in [6.07, 6.45) is 14.2.